The smallest absolute Gasteiger partial charge is 0.127 e. The fourth-order valence-electron chi connectivity index (χ4n) is 2.00. The van der Waals surface area contributed by atoms with Crippen molar-refractivity contribution >= 4 is 6.29 Å². The number of benzene rings is 1. The topological polar surface area (TPSA) is 17.1 Å². The second kappa shape index (κ2) is 3.95. The van der Waals surface area contributed by atoms with E-state index in [4.69, 9.17) is 0 Å². The third-order valence-corrected chi connectivity index (χ3v) is 3.08. The van der Waals surface area contributed by atoms with Crippen molar-refractivity contribution in [3.63, 3.8) is 0 Å². The van der Waals surface area contributed by atoms with Crippen LogP contribution in [0.15, 0.2) is 6.07 Å². The van der Waals surface area contributed by atoms with Gasteiger partial charge in [0.05, 0.1) is 0 Å². The zero-order valence-electron chi connectivity index (χ0n) is 9.64. The maximum absolute atomic E-state index is 10.8. The van der Waals surface area contributed by atoms with E-state index in [-0.39, 0.29) is 5.92 Å². The molecule has 76 valence electrons. The zero-order chi connectivity index (χ0) is 10.9. The van der Waals surface area contributed by atoms with Gasteiger partial charge in [-0.3, -0.25) is 0 Å². The highest BCUT2D eigenvalue weighted by molar-refractivity contribution is 5.65. The van der Waals surface area contributed by atoms with Crippen molar-refractivity contribution in [3.05, 3.63) is 33.9 Å². The van der Waals surface area contributed by atoms with Crippen molar-refractivity contribution in [3.8, 4) is 0 Å². The molecular weight excluding hydrogens is 172 g/mol. The van der Waals surface area contributed by atoms with Crippen LogP contribution in [-0.4, -0.2) is 6.29 Å². The van der Waals surface area contributed by atoms with Gasteiger partial charge in [0, 0.05) is 5.92 Å². The Hall–Kier alpha value is -1.11. The molecule has 0 aliphatic heterocycles. The van der Waals surface area contributed by atoms with E-state index < -0.39 is 0 Å². The second-order valence-corrected chi connectivity index (χ2v) is 4.10. The molecule has 0 fully saturated rings. The summed E-state index contributed by atoms with van der Waals surface area (Å²) in [5, 5.41) is 0. The molecular formula is C13H18O. The van der Waals surface area contributed by atoms with Crippen LogP contribution in [-0.2, 0) is 4.79 Å². The molecule has 0 aliphatic carbocycles. The Morgan fingerprint density at radius 3 is 1.86 bits per heavy atom. The third-order valence-electron chi connectivity index (χ3n) is 3.08. The van der Waals surface area contributed by atoms with Crippen molar-refractivity contribution in [2.45, 2.75) is 40.5 Å². The van der Waals surface area contributed by atoms with E-state index in [2.05, 4.69) is 33.8 Å². The minimum absolute atomic E-state index is 0.00796. The maximum Gasteiger partial charge on any atom is 0.127 e. The lowest BCUT2D eigenvalue weighted by Gasteiger charge is -2.17. The molecule has 0 saturated carbocycles. The molecule has 0 amide bonds. The highest BCUT2D eigenvalue weighted by Crippen LogP contribution is 2.27. The highest BCUT2D eigenvalue weighted by Gasteiger charge is 2.13. The lowest BCUT2D eigenvalue weighted by molar-refractivity contribution is -0.108. The molecule has 1 atom stereocenters. The first-order valence-electron chi connectivity index (χ1n) is 5.01. The average molecular weight is 190 g/mol. The number of rotatable bonds is 2. The monoisotopic (exact) mass is 190 g/mol. The van der Waals surface area contributed by atoms with Gasteiger partial charge in [-0.25, -0.2) is 0 Å². The van der Waals surface area contributed by atoms with E-state index in [9.17, 15) is 4.79 Å². The molecule has 0 aromatic heterocycles. The number of hydrogen-bond donors (Lipinski definition) is 0. The number of aldehydes is 1. The Kier molecular flexibility index (Phi) is 3.10. The Labute approximate surface area is 86.1 Å². The number of carbonyl (C=O) groups excluding carboxylic acids is 1. The summed E-state index contributed by atoms with van der Waals surface area (Å²) in [6.45, 7) is 10.3. The van der Waals surface area contributed by atoms with Gasteiger partial charge < -0.3 is 4.79 Å². The molecule has 0 N–H and O–H groups in total. The van der Waals surface area contributed by atoms with Crippen LogP contribution in [0, 0.1) is 27.7 Å². The molecule has 0 saturated heterocycles. The highest BCUT2D eigenvalue weighted by atomic mass is 16.1. The molecule has 1 aromatic carbocycles. The molecule has 1 heteroatoms. The van der Waals surface area contributed by atoms with Crippen molar-refractivity contribution in [1.82, 2.24) is 0 Å². The lowest BCUT2D eigenvalue weighted by Crippen LogP contribution is -2.04. The van der Waals surface area contributed by atoms with Crippen LogP contribution in [0.4, 0.5) is 0 Å². The van der Waals surface area contributed by atoms with E-state index in [0.717, 1.165) is 6.29 Å². The third kappa shape index (κ3) is 1.72. The Morgan fingerprint density at radius 1 is 1.07 bits per heavy atom. The summed E-state index contributed by atoms with van der Waals surface area (Å²) < 4.78 is 0. The molecule has 0 radical (unpaired) electrons. The second-order valence-electron chi connectivity index (χ2n) is 4.10. The minimum Gasteiger partial charge on any atom is -0.303 e. The number of hydrogen-bond acceptors (Lipinski definition) is 1. The Balaban J connectivity index is 3.46. The van der Waals surface area contributed by atoms with Gasteiger partial charge >= 0.3 is 0 Å². The number of aryl methyl sites for hydroxylation is 2. The number of carbonyl (C=O) groups is 1. The molecule has 0 aliphatic rings. The van der Waals surface area contributed by atoms with Crippen LogP contribution < -0.4 is 0 Å². The summed E-state index contributed by atoms with van der Waals surface area (Å²) >= 11 is 0. The van der Waals surface area contributed by atoms with Gasteiger partial charge in [0.25, 0.3) is 0 Å². The molecule has 0 spiro atoms. The van der Waals surface area contributed by atoms with Gasteiger partial charge in [-0.05, 0) is 55.5 Å². The van der Waals surface area contributed by atoms with E-state index >= 15 is 0 Å². The van der Waals surface area contributed by atoms with Gasteiger partial charge in [-0.1, -0.05) is 13.0 Å². The molecule has 0 bridgehead atoms. The van der Waals surface area contributed by atoms with Gasteiger partial charge in [0.2, 0.25) is 0 Å². The van der Waals surface area contributed by atoms with Crippen LogP contribution >= 0.6 is 0 Å². The molecule has 0 heterocycles. The fraction of sp³-hybridized carbons (Fsp3) is 0.462. The molecule has 1 nitrogen and oxygen atoms in total. The van der Waals surface area contributed by atoms with Crippen LogP contribution in [0.3, 0.4) is 0 Å². The quantitative estimate of drug-likeness (QED) is 0.654. The Morgan fingerprint density at radius 2 is 1.50 bits per heavy atom. The minimum atomic E-state index is 0.00796. The first-order valence-corrected chi connectivity index (χ1v) is 5.01. The predicted octanol–water partition coefficient (Wildman–Crippen LogP) is 3.22. The van der Waals surface area contributed by atoms with Crippen molar-refractivity contribution in [2.75, 3.05) is 0 Å². The SMILES string of the molecule is Cc1cc(C)c(C)c(C(C)C=O)c1C. The Bertz CT molecular complexity index is 338. The predicted molar refractivity (Wildman–Crippen MR) is 59.9 cm³/mol. The summed E-state index contributed by atoms with van der Waals surface area (Å²) in [4.78, 5) is 10.8. The summed E-state index contributed by atoms with van der Waals surface area (Å²) in [5.41, 5.74) is 6.27. The first kappa shape index (κ1) is 11.0. The van der Waals surface area contributed by atoms with Crippen molar-refractivity contribution < 1.29 is 4.79 Å². The molecule has 1 aromatic rings. The van der Waals surface area contributed by atoms with E-state index in [0.29, 0.717) is 0 Å². The lowest BCUT2D eigenvalue weighted by atomic mass is 9.88. The molecule has 1 rings (SSSR count). The zero-order valence-corrected chi connectivity index (χ0v) is 9.64. The average Bonchev–Trinajstić information content (AvgIpc) is 2.15. The molecule has 1 unspecified atom stereocenters. The largest absolute Gasteiger partial charge is 0.303 e. The summed E-state index contributed by atoms with van der Waals surface area (Å²) in [5.74, 6) is 0.00796. The van der Waals surface area contributed by atoms with Crippen LogP contribution in [0.25, 0.3) is 0 Å². The van der Waals surface area contributed by atoms with Gasteiger partial charge in [0.15, 0.2) is 0 Å². The summed E-state index contributed by atoms with van der Waals surface area (Å²) in [6.07, 6.45) is 1.02. The maximum atomic E-state index is 10.8. The van der Waals surface area contributed by atoms with E-state index in [1.165, 1.54) is 27.8 Å². The van der Waals surface area contributed by atoms with Crippen molar-refractivity contribution in [2.24, 2.45) is 0 Å². The summed E-state index contributed by atoms with van der Waals surface area (Å²) in [6, 6.07) is 2.19. The van der Waals surface area contributed by atoms with Gasteiger partial charge in [-0.15, -0.1) is 0 Å². The summed E-state index contributed by atoms with van der Waals surface area (Å²) in [7, 11) is 0. The normalized spacial score (nSPS) is 12.6. The van der Waals surface area contributed by atoms with E-state index in [1.807, 2.05) is 6.92 Å². The first-order chi connectivity index (χ1) is 6.49. The van der Waals surface area contributed by atoms with E-state index in [1.54, 1.807) is 0 Å². The van der Waals surface area contributed by atoms with Crippen molar-refractivity contribution in [1.29, 1.82) is 0 Å². The standard InChI is InChI=1S/C13H18O/c1-8-6-9(2)12(5)13(11(8)4)10(3)7-14/h6-7,10H,1-5H3. The molecule has 14 heavy (non-hydrogen) atoms. The van der Waals surface area contributed by atoms with Crippen LogP contribution in [0.1, 0.15) is 40.7 Å². The van der Waals surface area contributed by atoms with Crippen LogP contribution in [0.5, 0.6) is 0 Å². The van der Waals surface area contributed by atoms with Gasteiger partial charge in [0.1, 0.15) is 6.29 Å². The van der Waals surface area contributed by atoms with Gasteiger partial charge in [-0.2, -0.15) is 0 Å². The fourth-order valence-corrected chi connectivity index (χ4v) is 2.00. The van der Waals surface area contributed by atoms with Crippen LogP contribution in [0.2, 0.25) is 0 Å².